The van der Waals surface area contributed by atoms with Crippen molar-refractivity contribution in [3.8, 4) is 5.75 Å². The predicted molar refractivity (Wildman–Crippen MR) is 106 cm³/mol. The number of hydrogen-bond acceptors (Lipinski definition) is 2. The SMILES string of the molecule is I.NC(=NCc1ccccc1OC1CCC1)Nc1ccccc1. The van der Waals surface area contributed by atoms with E-state index in [9.17, 15) is 0 Å². The quantitative estimate of drug-likeness (QED) is 0.431. The van der Waals surface area contributed by atoms with E-state index in [1.165, 1.54) is 6.42 Å². The molecule has 0 spiro atoms. The van der Waals surface area contributed by atoms with Gasteiger partial charge in [-0.05, 0) is 37.5 Å². The molecular weight excluding hydrogens is 401 g/mol. The summed E-state index contributed by atoms with van der Waals surface area (Å²) in [5, 5.41) is 3.08. The molecule has 0 bridgehead atoms. The average molecular weight is 423 g/mol. The molecule has 1 fully saturated rings. The Bertz CT molecular complexity index is 642. The average Bonchev–Trinajstić information content (AvgIpc) is 2.51. The second-order valence-corrected chi connectivity index (χ2v) is 5.47. The van der Waals surface area contributed by atoms with E-state index in [1.54, 1.807) is 0 Å². The van der Waals surface area contributed by atoms with Gasteiger partial charge in [0.15, 0.2) is 5.96 Å². The summed E-state index contributed by atoms with van der Waals surface area (Å²) in [6.07, 6.45) is 3.92. The van der Waals surface area contributed by atoms with Gasteiger partial charge in [-0.3, -0.25) is 0 Å². The first-order chi connectivity index (χ1) is 10.8. The maximum Gasteiger partial charge on any atom is 0.193 e. The second kappa shape index (κ2) is 8.76. The zero-order valence-electron chi connectivity index (χ0n) is 12.9. The Morgan fingerprint density at radius 2 is 1.78 bits per heavy atom. The molecule has 4 nitrogen and oxygen atoms in total. The smallest absolute Gasteiger partial charge is 0.193 e. The topological polar surface area (TPSA) is 59.6 Å². The first kappa shape index (κ1) is 17.6. The summed E-state index contributed by atoms with van der Waals surface area (Å²) in [4.78, 5) is 4.40. The number of halogens is 1. The van der Waals surface area contributed by atoms with E-state index in [1.807, 2.05) is 54.6 Å². The molecule has 0 radical (unpaired) electrons. The molecule has 0 atom stereocenters. The van der Waals surface area contributed by atoms with Crippen LogP contribution in [-0.4, -0.2) is 12.1 Å². The zero-order chi connectivity index (χ0) is 15.2. The number of ether oxygens (including phenoxy) is 1. The molecule has 3 rings (SSSR count). The molecule has 0 amide bonds. The minimum absolute atomic E-state index is 0. The van der Waals surface area contributed by atoms with Crippen LogP contribution >= 0.6 is 24.0 Å². The highest BCUT2D eigenvalue weighted by Crippen LogP contribution is 2.27. The minimum Gasteiger partial charge on any atom is -0.490 e. The third-order valence-electron chi connectivity index (χ3n) is 3.78. The molecule has 0 unspecified atom stereocenters. The van der Waals surface area contributed by atoms with E-state index in [-0.39, 0.29) is 24.0 Å². The van der Waals surface area contributed by atoms with Gasteiger partial charge in [-0.25, -0.2) is 4.99 Å². The van der Waals surface area contributed by atoms with E-state index >= 15 is 0 Å². The predicted octanol–water partition coefficient (Wildman–Crippen LogP) is 4.16. The molecule has 0 aromatic heterocycles. The number of nitrogens with zero attached hydrogens (tertiary/aromatic N) is 1. The highest BCUT2D eigenvalue weighted by molar-refractivity contribution is 14.0. The summed E-state index contributed by atoms with van der Waals surface area (Å²) in [5.41, 5.74) is 7.94. The standard InChI is InChI=1S/C18H21N3O.HI/c19-18(21-15-8-2-1-3-9-15)20-13-14-7-4-5-12-17(14)22-16-10-6-11-16;/h1-5,7-9,12,16H,6,10-11,13H2,(H3,19,20,21);1H. The second-order valence-electron chi connectivity index (χ2n) is 5.47. The van der Waals surface area contributed by atoms with Crippen LogP contribution < -0.4 is 15.8 Å². The first-order valence-electron chi connectivity index (χ1n) is 7.68. The van der Waals surface area contributed by atoms with Crippen LogP contribution in [0.5, 0.6) is 5.75 Å². The fourth-order valence-electron chi connectivity index (χ4n) is 2.30. The monoisotopic (exact) mass is 423 g/mol. The summed E-state index contributed by atoms with van der Waals surface area (Å²) in [6.45, 7) is 0.508. The van der Waals surface area contributed by atoms with Gasteiger partial charge in [0, 0.05) is 11.3 Å². The van der Waals surface area contributed by atoms with Crippen molar-refractivity contribution in [2.75, 3.05) is 5.32 Å². The molecule has 2 aromatic carbocycles. The van der Waals surface area contributed by atoms with Gasteiger partial charge >= 0.3 is 0 Å². The zero-order valence-corrected chi connectivity index (χ0v) is 15.3. The van der Waals surface area contributed by atoms with Crippen molar-refractivity contribution in [1.29, 1.82) is 0 Å². The lowest BCUT2D eigenvalue weighted by Gasteiger charge is -2.27. The van der Waals surface area contributed by atoms with Crippen molar-refractivity contribution in [3.63, 3.8) is 0 Å². The molecule has 0 aliphatic heterocycles. The fraction of sp³-hybridized carbons (Fsp3) is 0.278. The number of nitrogens with one attached hydrogen (secondary N) is 1. The van der Waals surface area contributed by atoms with Crippen LogP contribution in [-0.2, 0) is 6.54 Å². The Morgan fingerprint density at radius 1 is 1.09 bits per heavy atom. The summed E-state index contributed by atoms with van der Waals surface area (Å²) >= 11 is 0. The molecule has 1 aliphatic rings. The van der Waals surface area contributed by atoms with Gasteiger partial charge in [0.2, 0.25) is 0 Å². The largest absolute Gasteiger partial charge is 0.490 e. The molecule has 0 saturated heterocycles. The van der Waals surface area contributed by atoms with E-state index in [0.29, 0.717) is 18.6 Å². The number of rotatable bonds is 5. The molecule has 3 N–H and O–H groups in total. The van der Waals surface area contributed by atoms with Gasteiger partial charge in [0.25, 0.3) is 0 Å². The summed E-state index contributed by atoms with van der Waals surface area (Å²) in [6, 6.07) is 17.8. The van der Waals surface area contributed by atoms with E-state index in [4.69, 9.17) is 10.5 Å². The summed E-state index contributed by atoms with van der Waals surface area (Å²) in [7, 11) is 0. The van der Waals surface area contributed by atoms with Crippen LogP contribution in [0.1, 0.15) is 24.8 Å². The molecule has 5 heteroatoms. The van der Waals surface area contributed by atoms with Crippen LogP contribution in [0.15, 0.2) is 59.6 Å². The van der Waals surface area contributed by atoms with Crippen LogP contribution in [0.3, 0.4) is 0 Å². The van der Waals surface area contributed by atoms with Gasteiger partial charge < -0.3 is 15.8 Å². The minimum atomic E-state index is 0. The lowest BCUT2D eigenvalue weighted by Crippen LogP contribution is -2.25. The summed E-state index contributed by atoms with van der Waals surface area (Å²) < 4.78 is 6.00. The van der Waals surface area contributed by atoms with Crippen LogP contribution in [0.2, 0.25) is 0 Å². The Kier molecular flexibility index (Phi) is 6.70. The number of hydrogen-bond donors (Lipinski definition) is 2. The van der Waals surface area contributed by atoms with Crippen molar-refractivity contribution < 1.29 is 4.74 Å². The van der Waals surface area contributed by atoms with Crippen molar-refractivity contribution in [1.82, 2.24) is 0 Å². The Hall–Kier alpha value is -1.76. The Labute approximate surface area is 154 Å². The molecular formula is C18H22IN3O. The molecule has 23 heavy (non-hydrogen) atoms. The lowest BCUT2D eigenvalue weighted by atomic mass is 9.96. The first-order valence-corrected chi connectivity index (χ1v) is 7.68. The molecule has 0 heterocycles. The van der Waals surface area contributed by atoms with Gasteiger partial charge in [0.05, 0.1) is 12.6 Å². The third kappa shape index (κ3) is 5.13. The van der Waals surface area contributed by atoms with E-state index in [0.717, 1.165) is 29.8 Å². The van der Waals surface area contributed by atoms with E-state index in [2.05, 4.69) is 10.3 Å². The van der Waals surface area contributed by atoms with Gasteiger partial charge in [0.1, 0.15) is 5.75 Å². The number of nitrogens with two attached hydrogens (primary N) is 1. The van der Waals surface area contributed by atoms with Crippen molar-refractivity contribution in [3.05, 3.63) is 60.2 Å². The molecule has 2 aromatic rings. The van der Waals surface area contributed by atoms with Gasteiger partial charge in [-0.15, -0.1) is 24.0 Å². The number of aliphatic imine (C=N–C) groups is 1. The Balaban J connectivity index is 0.00000192. The van der Waals surface area contributed by atoms with Crippen LogP contribution in [0, 0.1) is 0 Å². The fourth-order valence-corrected chi connectivity index (χ4v) is 2.30. The number of para-hydroxylation sites is 2. The maximum atomic E-state index is 6.00. The van der Waals surface area contributed by atoms with Crippen LogP contribution in [0.25, 0.3) is 0 Å². The van der Waals surface area contributed by atoms with Crippen molar-refractivity contribution in [2.24, 2.45) is 10.7 Å². The maximum absolute atomic E-state index is 6.00. The lowest BCUT2D eigenvalue weighted by molar-refractivity contribution is 0.119. The van der Waals surface area contributed by atoms with Crippen molar-refractivity contribution >= 4 is 35.6 Å². The van der Waals surface area contributed by atoms with Crippen LogP contribution in [0.4, 0.5) is 5.69 Å². The van der Waals surface area contributed by atoms with E-state index < -0.39 is 0 Å². The van der Waals surface area contributed by atoms with Crippen molar-refractivity contribution in [2.45, 2.75) is 31.9 Å². The number of guanidine groups is 1. The highest BCUT2D eigenvalue weighted by atomic mass is 127. The summed E-state index contributed by atoms with van der Waals surface area (Å²) in [5.74, 6) is 1.33. The normalized spacial score (nSPS) is 14.5. The third-order valence-corrected chi connectivity index (χ3v) is 3.78. The number of anilines is 1. The highest BCUT2D eigenvalue weighted by Gasteiger charge is 2.19. The molecule has 1 saturated carbocycles. The Morgan fingerprint density at radius 3 is 2.48 bits per heavy atom. The van der Waals surface area contributed by atoms with Gasteiger partial charge in [-0.1, -0.05) is 36.4 Å². The molecule has 1 aliphatic carbocycles. The van der Waals surface area contributed by atoms with Gasteiger partial charge in [-0.2, -0.15) is 0 Å². The number of benzene rings is 2. The molecule has 122 valence electrons.